The van der Waals surface area contributed by atoms with E-state index in [2.05, 4.69) is 10.1 Å². The number of nitrogens with zero attached hydrogens (tertiary/aromatic N) is 3. The number of amides is 1. The minimum absolute atomic E-state index is 0.0776. The van der Waals surface area contributed by atoms with Crippen molar-refractivity contribution in [2.45, 2.75) is 38.0 Å². The zero-order chi connectivity index (χ0) is 16.9. The molecule has 1 fully saturated rings. The number of benzene rings is 1. The lowest BCUT2D eigenvalue weighted by atomic mass is 10.2. The molecule has 1 aliphatic rings. The molecular weight excluding hydrogens is 346 g/mol. The number of rotatable bonds is 6. The van der Waals surface area contributed by atoms with Crippen molar-refractivity contribution in [2.75, 3.05) is 12.3 Å². The van der Waals surface area contributed by atoms with Gasteiger partial charge < -0.3 is 9.42 Å². The predicted molar refractivity (Wildman–Crippen MR) is 95.0 cm³/mol. The van der Waals surface area contributed by atoms with Crippen molar-refractivity contribution in [1.29, 1.82) is 0 Å². The normalized spacial score (nSPS) is 17.4. The summed E-state index contributed by atoms with van der Waals surface area (Å²) in [6.07, 6.45) is 2.58. The Hall–Kier alpha value is -1.53. The molecule has 1 aliphatic heterocycles. The second-order valence-electron chi connectivity index (χ2n) is 5.73. The number of aromatic nitrogens is 2. The molecule has 24 heavy (non-hydrogen) atoms. The third-order valence-corrected chi connectivity index (χ3v) is 5.43. The maximum atomic E-state index is 12.6. The lowest BCUT2D eigenvalue weighted by molar-refractivity contribution is -0.129. The molecule has 0 spiro atoms. The molecule has 0 aliphatic carbocycles. The summed E-state index contributed by atoms with van der Waals surface area (Å²) in [6.45, 7) is 2.73. The summed E-state index contributed by atoms with van der Waals surface area (Å²) in [6, 6.07) is 7.65. The van der Waals surface area contributed by atoms with Gasteiger partial charge in [0.2, 0.25) is 11.8 Å². The minimum Gasteiger partial charge on any atom is -0.337 e. The number of halogens is 1. The van der Waals surface area contributed by atoms with Crippen molar-refractivity contribution in [3.05, 3.63) is 46.6 Å². The van der Waals surface area contributed by atoms with Crippen LogP contribution in [0.4, 0.5) is 0 Å². The Labute approximate surface area is 150 Å². The fraction of sp³-hybridized carbons (Fsp3) is 0.471. The minimum atomic E-state index is -0.0776. The Bertz CT molecular complexity index is 707. The molecule has 5 nitrogen and oxygen atoms in total. The van der Waals surface area contributed by atoms with Gasteiger partial charge in [0, 0.05) is 23.7 Å². The van der Waals surface area contributed by atoms with Crippen LogP contribution >= 0.6 is 23.4 Å². The van der Waals surface area contributed by atoms with Crippen molar-refractivity contribution in [3.8, 4) is 0 Å². The molecule has 1 aromatic heterocycles. The fourth-order valence-corrected chi connectivity index (χ4v) is 4.01. The zero-order valence-corrected chi connectivity index (χ0v) is 15.1. The van der Waals surface area contributed by atoms with Gasteiger partial charge in [-0.3, -0.25) is 4.79 Å². The summed E-state index contributed by atoms with van der Waals surface area (Å²) in [5.74, 6) is 2.53. The molecule has 2 aromatic rings. The monoisotopic (exact) mass is 365 g/mol. The van der Waals surface area contributed by atoms with Crippen LogP contribution in [0, 0.1) is 0 Å². The highest BCUT2D eigenvalue weighted by atomic mass is 35.5. The molecule has 1 amide bonds. The van der Waals surface area contributed by atoms with E-state index in [4.69, 9.17) is 16.1 Å². The SMILES string of the molecule is CCc1noc(C2CCCN2C(=O)CSCc2ccccc2Cl)n1. The molecule has 1 saturated heterocycles. The molecule has 7 heteroatoms. The Morgan fingerprint density at radius 2 is 2.29 bits per heavy atom. The average molecular weight is 366 g/mol. The molecule has 128 valence electrons. The first-order valence-electron chi connectivity index (χ1n) is 8.12. The maximum Gasteiger partial charge on any atom is 0.249 e. The molecule has 0 saturated carbocycles. The second kappa shape index (κ2) is 8.03. The van der Waals surface area contributed by atoms with E-state index >= 15 is 0 Å². The summed E-state index contributed by atoms with van der Waals surface area (Å²) in [7, 11) is 0. The summed E-state index contributed by atoms with van der Waals surface area (Å²) < 4.78 is 5.33. The van der Waals surface area contributed by atoms with Gasteiger partial charge in [-0.25, -0.2) is 0 Å². The smallest absolute Gasteiger partial charge is 0.249 e. The predicted octanol–water partition coefficient (Wildman–Crippen LogP) is 3.88. The molecule has 0 radical (unpaired) electrons. The van der Waals surface area contributed by atoms with Gasteiger partial charge >= 0.3 is 0 Å². The molecule has 2 heterocycles. The van der Waals surface area contributed by atoms with E-state index in [-0.39, 0.29) is 11.9 Å². The van der Waals surface area contributed by atoms with Crippen molar-refractivity contribution in [1.82, 2.24) is 15.0 Å². The van der Waals surface area contributed by atoms with Gasteiger partial charge in [0.1, 0.15) is 6.04 Å². The van der Waals surface area contributed by atoms with Gasteiger partial charge in [0.05, 0.1) is 5.75 Å². The standard InChI is InChI=1S/C17H20ClN3O2S/c1-2-15-19-17(23-20-15)14-8-5-9-21(14)16(22)11-24-10-12-6-3-4-7-13(12)18/h3-4,6-7,14H,2,5,8-11H2,1H3. The van der Waals surface area contributed by atoms with Gasteiger partial charge in [-0.2, -0.15) is 4.98 Å². The Kier molecular flexibility index (Phi) is 5.79. The number of carbonyl (C=O) groups excluding carboxylic acids is 1. The van der Waals surface area contributed by atoms with E-state index in [9.17, 15) is 4.79 Å². The first kappa shape index (κ1) is 17.3. The number of hydrogen-bond acceptors (Lipinski definition) is 5. The summed E-state index contributed by atoms with van der Waals surface area (Å²) >= 11 is 7.73. The highest BCUT2D eigenvalue weighted by Gasteiger charge is 2.33. The van der Waals surface area contributed by atoms with Crippen LogP contribution in [0.3, 0.4) is 0 Å². The molecular formula is C17H20ClN3O2S. The maximum absolute atomic E-state index is 12.6. The van der Waals surface area contributed by atoms with E-state index in [1.54, 1.807) is 11.8 Å². The van der Waals surface area contributed by atoms with Crippen LogP contribution in [0.1, 0.15) is 43.1 Å². The Morgan fingerprint density at radius 3 is 3.04 bits per heavy atom. The number of hydrogen-bond donors (Lipinski definition) is 0. The molecule has 0 N–H and O–H groups in total. The largest absolute Gasteiger partial charge is 0.337 e. The van der Waals surface area contributed by atoms with Crippen LogP contribution in [-0.2, 0) is 17.0 Å². The molecule has 1 aromatic carbocycles. The van der Waals surface area contributed by atoms with Crippen LogP contribution in [0.5, 0.6) is 0 Å². The van der Waals surface area contributed by atoms with Gasteiger partial charge in [-0.1, -0.05) is 41.9 Å². The van der Waals surface area contributed by atoms with E-state index in [0.717, 1.165) is 42.1 Å². The van der Waals surface area contributed by atoms with Crippen LogP contribution in [0.2, 0.25) is 5.02 Å². The lowest BCUT2D eigenvalue weighted by Crippen LogP contribution is -2.32. The van der Waals surface area contributed by atoms with Crippen molar-refractivity contribution in [2.24, 2.45) is 0 Å². The van der Waals surface area contributed by atoms with Crippen molar-refractivity contribution < 1.29 is 9.32 Å². The number of carbonyl (C=O) groups is 1. The molecule has 3 rings (SSSR count). The highest BCUT2D eigenvalue weighted by molar-refractivity contribution is 7.99. The van der Waals surface area contributed by atoms with E-state index < -0.39 is 0 Å². The van der Waals surface area contributed by atoms with Crippen molar-refractivity contribution >= 4 is 29.3 Å². The van der Waals surface area contributed by atoms with Crippen LogP contribution in [0.15, 0.2) is 28.8 Å². The topological polar surface area (TPSA) is 59.2 Å². The number of thioether (sulfide) groups is 1. The van der Waals surface area contributed by atoms with Gasteiger partial charge in [0.15, 0.2) is 5.82 Å². The average Bonchev–Trinajstić information content (AvgIpc) is 3.25. The van der Waals surface area contributed by atoms with Crippen molar-refractivity contribution in [3.63, 3.8) is 0 Å². The first-order valence-corrected chi connectivity index (χ1v) is 9.65. The Balaban J connectivity index is 1.56. The van der Waals surface area contributed by atoms with Gasteiger partial charge in [-0.15, -0.1) is 11.8 Å². The quantitative estimate of drug-likeness (QED) is 0.777. The summed E-state index contributed by atoms with van der Waals surface area (Å²) in [5, 5.41) is 4.69. The van der Waals surface area contributed by atoms with E-state index in [1.807, 2.05) is 36.1 Å². The molecule has 1 unspecified atom stereocenters. The van der Waals surface area contributed by atoms with Crippen LogP contribution in [-0.4, -0.2) is 33.2 Å². The van der Waals surface area contributed by atoms with Gasteiger partial charge in [0.25, 0.3) is 0 Å². The van der Waals surface area contributed by atoms with Gasteiger partial charge in [-0.05, 0) is 24.5 Å². The highest BCUT2D eigenvalue weighted by Crippen LogP contribution is 2.32. The zero-order valence-electron chi connectivity index (χ0n) is 13.6. The Morgan fingerprint density at radius 1 is 1.46 bits per heavy atom. The second-order valence-corrected chi connectivity index (χ2v) is 7.12. The van der Waals surface area contributed by atoms with Crippen LogP contribution < -0.4 is 0 Å². The number of likely N-dealkylation sites (tertiary alicyclic amines) is 1. The third-order valence-electron chi connectivity index (χ3n) is 4.10. The molecule has 0 bridgehead atoms. The van der Waals surface area contributed by atoms with E-state index in [0.29, 0.717) is 17.5 Å². The summed E-state index contributed by atoms with van der Waals surface area (Å²) in [5.41, 5.74) is 1.06. The summed E-state index contributed by atoms with van der Waals surface area (Å²) in [4.78, 5) is 18.8. The lowest BCUT2D eigenvalue weighted by Gasteiger charge is -2.21. The number of aryl methyl sites for hydroxylation is 1. The first-order chi connectivity index (χ1) is 11.7. The fourth-order valence-electron chi connectivity index (χ4n) is 2.82. The third kappa shape index (κ3) is 3.92. The molecule has 1 atom stereocenters. The van der Waals surface area contributed by atoms with E-state index in [1.165, 1.54) is 0 Å². The van der Waals surface area contributed by atoms with Crippen LogP contribution in [0.25, 0.3) is 0 Å².